The maximum Gasteiger partial charge on any atom is 0.323 e. The van der Waals surface area contributed by atoms with Crippen molar-refractivity contribution in [1.82, 2.24) is 4.90 Å². The first-order chi connectivity index (χ1) is 9.77. The molecule has 1 amide bonds. The molecule has 7 nitrogen and oxygen atoms in total. The summed E-state index contributed by atoms with van der Waals surface area (Å²) in [5, 5.41) is 19.3. The van der Waals surface area contributed by atoms with Gasteiger partial charge >= 0.3 is 11.7 Å². The molecule has 0 saturated carbocycles. The molecular weight excluding hydrogens is 290 g/mol. The van der Waals surface area contributed by atoms with Crippen LogP contribution in [0.25, 0.3) is 0 Å². The Labute approximate surface area is 117 Å². The highest BCUT2D eigenvalue weighted by molar-refractivity contribution is 5.96. The number of hydrogen-bond donors (Lipinski definition) is 1. The van der Waals surface area contributed by atoms with Crippen molar-refractivity contribution in [2.45, 2.75) is 13.3 Å². The average Bonchev–Trinajstić information content (AvgIpc) is 2.39. The van der Waals surface area contributed by atoms with E-state index in [-0.39, 0.29) is 6.54 Å². The Balaban J connectivity index is 3.27. The summed E-state index contributed by atoms with van der Waals surface area (Å²) >= 11 is 0. The van der Waals surface area contributed by atoms with Crippen molar-refractivity contribution >= 4 is 17.6 Å². The van der Waals surface area contributed by atoms with Crippen molar-refractivity contribution in [3.63, 3.8) is 0 Å². The van der Waals surface area contributed by atoms with Gasteiger partial charge in [-0.25, -0.2) is 4.39 Å². The lowest BCUT2D eigenvalue weighted by atomic mass is 10.1. The minimum atomic E-state index is -1.49. The van der Waals surface area contributed by atoms with Crippen LogP contribution in [0, 0.1) is 21.7 Å². The molecule has 0 unspecified atom stereocenters. The molecule has 114 valence electrons. The molecule has 0 aliphatic heterocycles. The molecule has 0 aliphatic carbocycles. The quantitative estimate of drug-likeness (QED) is 0.638. The third-order valence-electron chi connectivity index (χ3n) is 2.55. The van der Waals surface area contributed by atoms with Crippen LogP contribution in [-0.4, -0.2) is 39.9 Å². The lowest BCUT2D eigenvalue weighted by Crippen LogP contribution is -2.36. The molecule has 1 N–H and O–H groups in total. The Hall–Kier alpha value is -2.58. The first-order valence-electron chi connectivity index (χ1n) is 5.92. The number of benzene rings is 1. The fourth-order valence-electron chi connectivity index (χ4n) is 1.72. The number of carbonyl (C=O) groups is 2. The summed E-state index contributed by atoms with van der Waals surface area (Å²) in [7, 11) is 0. The van der Waals surface area contributed by atoms with Crippen LogP contribution in [0.1, 0.15) is 23.7 Å². The van der Waals surface area contributed by atoms with Crippen LogP contribution in [0.5, 0.6) is 0 Å². The molecule has 0 radical (unpaired) electrons. The summed E-state index contributed by atoms with van der Waals surface area (Å²) in [4.78, 5) is 33.0. The number of nitrogens with zero attached hydrogens (tertiary/aromatic N) is 2. The maximum absolute atomic E-state index is 13.9. The summed E-state index contributed by atoms with van der Waals surface area (Å²) in [6, 6.07) is 0.864. The molecule has 0 bridgehead atoms. The second kappa shape index (κ2) is 6.73. The van der Waals surface area contributed by atoms with Gasteiger partial charge in [-0.3, -0.25) is 19.7 Å². The Kier molecular flexibility index (Phi) is 5.28. The van der Waals surface area contributed by atoms with Crippen molar-refractivity contribution in [2.24, 2.45) is 0 Å². The third kappa shape index (κ3) is 3.94. The Bertz CT molecular complexity index is 591. The van der Waals surface area contributed by atoms with E-state index in [2.05, 4.69) is 0 Å². The number of aliphatic carboxylic acids is 1. The zero-order valence-corrected chi connectivity index (χ0v) is 11.0. The van der Waals surface area contributed by atoms with Crippen molar-refractivity contribution in [3.8, 4) is 0 Å². The smallest absolute Gasteiger partial charge is 0.323 e. The Morgan fingerprint density at radius 3 is 2.48 bits per heavy atom. The number of halogens is 2. The molecular formula is C12H12F2N2O5. The molecule has 9 heteroatoms. The molecule has 1 aromatic carbocycles. The minimum absolute atomic E-state index is 0.00508. The molecule has 1 rings (SSSR count). The molecule has 1 aromatic rings. The van der Waals surface area contributed by atoms with E-state index in [1.165, 1.54) is 0 Å². The van der Waals surface area contributed by atoms with Gasteiger partial charge in [0.15, 0.2) is 0 Å². The van der Waals surface area contributed by atoms with Crippen LogP contribution < -0.4 is 0 Å². The Morgan fingerprint density at radius 2 is 2.00 bits per heavy atom. The van der Waals surface area contributed by atoms with Crippen molar-refractivity contribution in [2.75, 3.05) is 13.1 Å². The van der Waals surface area contributed by atoms with E-state index >= 15 is 0 Å². The predicted molar refractivity (Wildman–Crippen MR) is 66.8 cm³/mol. The summed E-state index contributed by atoms with van der Waals surface area (Å²) in [6.07, 6.45) is 0.387. The van der Waals surface area contributed by atoms with Crippen LogP contribution in [0.15, 0.2) is 12.1 Å². The van der Waals surface area contributed by atoms with Crippen LogP contribution in [0.2, 0.25) is 0 Å². The van der Waals surface area contributed by atoms with Crippen molar-refractivity contribution in [3.05, 3.63) is 39.4 Å². The van der Waals surface area contributed by atoms with Crippen LogP contribution >= 0.6 is 0 Å². The molecule has 0 heterocycles. The molecule has 0 aromatic heterocycles. The monoisotopic (exact) mass is 302 g/mol. The molecule has 0 spiro atoms. The number of carboxylic acid groups (broad SMARTS) is 1. The second-order valence-electron chi connectivity index (χ2n) is 4.16. The number of carbonyl (C=O) groups excluding carboxylic acids is 1. The summed E-state index contributed by atoms with van der Waals surface area (Å²) in [5.41, 5.74) is -2.04. The van der Waals surface area contributed by atoms with E-state index in [4.69, 9.17) is 5.11 Å². The van der Waals surface area contributed by atoms with Gasteiger partial charge in [-0.05, 0) is 12.5 Å². The van der Waals surface area contributed by atoms with Crippen molar-refractivity contribution in [1.29, 1.82) is 0 Å². The highest BCUT2D eigenvalue weighted by Crippen LogP contribution is 2.23. The summed E-state index contributed by atoms with van der Waals surface area (Å²) < 4.78 is 27.2. The van der Waals surface area contributed by atoms with Crippen molar-refractivity contribution < 1.29 is 28.4 Å². The maximum atomic E-state index is 13.9. The summed E-state index contributed by atoms with van der Waals surface area (Å²) in [6.45, 7) is 0.942. The topological polar surface area (TPSA) is 101 Å². The van der Waals surface area contributed by atoms with E-state index in [1.54, 1.807) is 6.92 Å². The second-order valence-corrected chi connectivity index (χ2v) is 4.16. The molecule has 0 fully saturated rings. The van der Waals surface area contributed by atoms with E-state index in [9.17, 15) is 28.5 Å². The lowest BCUT2D eigenvalue weighted by Gasteiger charge is -2.20. The number of nitro benzene ring substituents is 1. The number of carboxylic acids is 1. The van der Waals surface area contributed by atoms with Gasteiger partial charge in [-0.15, -0.1) is 0 Å². The van der Waals surface area contributed by atoms with Gasteiger partial charge in [0, 0.05) is 6.54 Å². The van der Waals surface area contributed by atoms with E-state index < -0.39 is 46.2 Å². The van der Waals surface area contributed by atoms with Crippen LogP contribution in [0.4, 0.5) is 14.5 Å². The van der Waals surface area contributed by atoms with Crippen LogP contribution in [0.3, 0.4) is 0 Å². The van der Waals surface area contributed by atoms with E-state index in [1.807, 2.05) is 0 Å². The average molecular weight is 302 g/mol. The fraction of sp³-hybridized carbons (Fsp3) is 0.333. The summed E-state index contributed by atoms with van der Waals surface area (Å²) in [5.74, 6) is -5.08. The zero-order valence-electron chi connectivity index (χ0n) is 11.0. The van der Waals surface area contributed by atoms with Gasteiger partial charge < -0.3 is 10.0 Å². The highest BCUT2D eigenvalue weighted by Gasteiger charge is 2.27. The van der Waals surface area contributed by atoms with Gasteiger partial charge in [0.25, 0.3) is 5.91 Å². The first kappa shape index (κ1) is 16.5. The molecule has 0 saturated heterocycles. The lowest BCUT2D eigenvalue weighted by molar-refractivity contribution is -0.387. The van der Waals surface area contributed by atoms with E-state index in [0.29, 0.717) is 18.6 Å². The fourth-order valence-corrected chi connectivity index (χ4v) is 1.72. The standard InChI is InChI=1S/C12H12F2N2O5/c1-2-3-15(6-10(17)18)12(19)8-4-7(13)5-9(11(8)14)16(20)21/h4-5H,2-3,6H2,1H3,(H,17,18). The number of nitro groups is 1. The van der Waals surface area contributed by atoms with Gasteiger partial charge in [0.1, 0.15) is 12.4 Å². The van der Waals surface area contributed by atoms with E-state index in [0.717, 1.165) is 4.90 Å². The molecule has 0 aliphatic rings. The largest absolute Gasteiger partial charge is 0.480 e. The third-order valence-corrected chi connectivity index (χ3v) is 2.55. The Morgan fingerprint density at radius 1 is 1.38 bits per heavy atom. The predicted octanol–water partition coefficient (Wildman–Crippen LogP) is 1.81. The zero-order chi connectivity index (χ0) is 16.2. The SMILES string of the molecule is CCCN(CC(=O)O)C(=O)c1cc(F)cc([N+](=O)[O-])c1F. The van der Waals surface area contributed by atoms with Gasteiger partial charge in [-0.1, -0.05) is 6.92 Å². The number of rotatable bonds is 6. The highest BCUT2D eigenvalue weighted by atomic mass is 19.1. The van der Waals surface area contributed by atoms with Gasteiger partial charge in [0.05, 0.1) is 16.6 Å². The minimum Gasteiger partial charge on any atom is -0.480 e. The number of hydrogen-bond acceptors (Lipinski definition) is 4. The normalized spacial score (nSPS) is 10.2. The molecule has 21 heavy (non-hydrogen) atoms. The molecule has 0 atom stereocenters. The first-order valence-corrected chi connectivity index (χ1v) is 5.92. The van der Waals surface area contributed by atoms with Gasteiger partial charge in [-0.2, -0.15) is 4.39 Å². The number of amides is 1. The van der Waals surface area contributed by atoms with Crippen LogP contribution in [-0.2, 0) is 4.79 Å². The van der Waals surface area contributed by atoms with Gasteiger partial charge in [0.2, 0.25) is 5.82 Å².